The van der Waals surface area contributed by atoms with E-state index in [1.54, 1.807) is 6.08 Å². The predicted molar refractivity (Wildman–Crippen MR) is 392 cm³/mol. The van der Waals surface area contributed by atoms with Gasteiger partial charge in [-0.25, -0.2) is 0 Å². The molecule has 17 unspecified atom stereocenters. The lowest BCUT2D eigenvalue weighted by molar-refractivity contribution is -0.379. The van der Waals surface area contributed by atoms with Crippen LogP contribution in [-0.4, -0.2) is 193 Å². The minimum atomic E-state index is -1.98. The molecule has 3 rings (SSSR count). The molecule has 17 atom stereocenters. The third kappa shape index (κ3) is 40.7. The lowest BCUT2D eigenvalue weighted by atomic mass is 9.96. The first-order valence-corrected chi connectivity index (χ1v) is 39.3. The molecular formula is C80H141NO18. The number of carbonyl (C=O) groups excluding carboxylic acids is 1. The molecule has 1 amide bonds. The molecule has 0 aromatic carbocycles. The summed E-state index contributed by atoms with van der Waals surface area (Å²) in [5, 5.41) is 121. The van der Waals surface area contributed by atoms with Crippen molar-refractivity contribution in [1.82, 2.24) is 5.32 Å². The van der Waals surface area contributed by atoms with Crippen molar-refractivity contribution < 1.29 is 89.4 Å². The number of ether oxygens (including phenoxy) is 6. The molecule has 574 valence electrons. The summed E-state index contributed by atoms with van der Waals surface area (Å²) in [6, 6.07) is -0.998. The number of aliphatic hydroxyl groups excluding tert-OH is 11. The third-order valence-electron chi connectivity index (χ3n) is 19.2. The summed E-state index contributed by atoms with van der Waals surface area (Å²) in [7, 11) is 0. The Hall–Kier alpha value is -3.03. The topological polar surface area (TPSA) is 307 Å². The van der Waals surface area contributed by atoms with Crippen LogP contribution in [0.5, 0.6) is 0 Å². The summed E-state index contributed by atoms with van der Waals surface area (Å²) in [5.41, 5.74) is 0. The van der Waals surface area contributed by atoms with Gasteiger partial charge in [0.1, 0.15) is 73.2 Å². The fourth-order valence-electron chi connectivity index (χ4n) is 12.9. The summed E-state index contributed by atoms with van der Waals surface area (Å²) in [6.45, 7) is 1.60. The highest BCUT2D eigenvalue weighted by Crippen LogP contribution is 2.33. The summed E-state index contributed by atoms with van der Waals surface area (Å²) < 4.78 is 34.4. The number of unbranched alkanes of at least 4 members (excludes halogenated alkanes) is 33. The number of hydrogen-bond acceptors (Lipinski definition) is 18. The second-order valence-electron chi connectivity index (χ2n) is 27.8. The maximum atomic E-state index is 13.4. The van der Waals surface area contributed by atoms with Gasteiger partial charge in [0.25, 0.3) is 0 Å². The molecule has 0 radical (unpaired) electrons. The van der Waals surface area contributed by atoms with Crippen molar-refractivity contribution in [3.63, 3.8) is 0 Å². The molecule has 0 aromatic heterocycles. The van der Waals surface area contributed by atoms with Crippen LogP contribution in [-0.2, 0) is 33.2 Å². The van der Waals surface area contributed by atoms with Gasteiger partial charge in [-0.15, -0.1) is 0 Å². The predicted octanol–water partition coefficient (Wildman–Crippen LogP) is 12.6. The molecule has 99 heavy (non-hydrogen) atoms. The van der Waals surface area contributed by atoms with Gasteiger partial charge >= 0.3 is 0 Å². The number of nitrogens with one attached hydrogen (secondary N) is 1. The summed E-state index contributed by atoms with van der Waals surface area (Å²) in [4.78, 5) is 13.4. The van der Waals surface area contributed by atoms with Gasteiger partial charge in [0.2, 0.25) is 5.91 Å². The smallest absolute Gasteiger partial charge is 0.220 e. The molecule has 0 aromatic rings. The van der Waals surface area contributed by atoms with Crippen molar-refractivity contribution in [3.05, 3.63) is 85.1 Å². The molecule has 3 heterocycles. The first-order chi connectivity index (χ1) is 48.3. The second kappa shape index (κ2) is 60.3. The van der Waals surface area contributed by atoms with E-state index >= 15 is 0 Å². The Kier molecular flexibility index (Phi) is 54.9. The van der Waals surface area contributed by atoms with Crippen LogP contribution in [0.15, 0.2) is 85.1 Å². The molecule has 0 aliphatic carbocycles. The van der Waals surface area contributed by atoms with Crippen molar-refractivity contribution in [2.24, 2.45) is 0 Å². The van der Waals surface area contributed by atoms with E-state index in [1.165, 1.54) is 180 Å². The van der Waals surface area contributed by atoms with Crippen molar-refractivity contribution in [2.75, 3.05) is 26.4 Å². The Labute approximate surface area is 597 Å². The second-order valence-corrected chi connectivity index (χ2v) is 27.8. The van der Waals surface area contributed by atoms with Crippen LogP contribution in [0.1, 0.15) is 284 Å². The first kappa shape index (κ1) is 90.2. The van der Waals surface area contributed by atoms with Gasteiger partial charge in [-0.1, -0.05) is 279 Å². The maximum Gasteiger partial charge on any atom is 0.220 e. The molecule has 12 N–H and O–H groups in total. The zero-order valence-electron chi connectivity index (χ0n) is 61.2. The average Bonchev–Trinajstić information content (AvgIpc) is 0.786. The zero-order chi connectivity index (χ0) is 71.8. The fraction of sp³-hybridized carbons (Fsp3) is 0.812. The van der Waals surface area contributed by atoms with Crippen LogP contribution in [0.25, 0.3) is 0 Å². The molecule has 0 saturated carbocycles. The number of hydrogen-bond donors (Lipinski definition) is 12. The van der Waals surface area contributed by atoms with E-state index in [2.05, 4.69) is 92.1 Å². The Bertz CT molecular complexity index is 2120. The van der Waals surface area contributed by atoms with Gasteiger partial charge in [-0.3, -0.25) is 4.79 Å². The number of carbonyl (C=O) groups is 1. The van der Waals surface area contributed by atoms with Crippen LogP contribution in [0.3, 0.4) is 0 Å². The number of amides is 1. The molecule has 3 aliphatic rings. The highest BCUT2D eigenvalue weighted by atomic mass is 16.8. The van der Waals surface area contributed by atoms with Crippen molar-refractivity contribution in [1.29, 1.82) is 0 Å². The van der Waals surface area contributed by atoms with Crippen LogP contribution in [0, 0.1) is 0 Å². The summed E-state index contributed by atoms with van der Waals surface area (Å²) in [6.07, 6.45) is 53.0. The minimum Gasteiger partial charge on any atom is -0.394 e. The maximum absolute atomic E-state index is 13.4. The first-order valence-electron chi connectivity index (χ1n) is 39.3. The lowest BCUT2D eigenvalue weighted by Crippen LogP contribution is -2.66. The van der Waals surface area contributed by atoms with E-state index in [1.807, 2.05) is 6.08 Å². The third-order valence-corrected chi connectivity index (χ3v) is 19.2. The highest BCUT2D eigenvalue weighted by molar-refractivity contribution is 5.76. The molecule has 19 nitrogen and oxygen atoms in total. The molecule has 3 fully saturated rings. The summed E-state index contributed by atoms with van der Waals surface area (Å²) in [5.74, 6) is -0.287. The molecule has 0 spiro atoms. The van der Waals surface area contributed by atoms with Crippen LogP contribution in [0.4, 0.5) is 0 Å². The molecule has 0 bridgehead atoms. The van der Waals surface area contributed by atoms with Gasteiger partial charge < -0.3 is 89.9 Å². The number of aliphatic hydroxyl groups is 11. The van der Waals surface area contributed by atoms with Crippen molar-refractivity contribution in [3.8, 4) is 0 Å². The standard InChI is InChI=1S/C80H141NO18/c1-3-5-7-9-11-13-15-17-19-21-22-23-24-25-26-27-28-29-30-31-32-33-34-35-36-37-38-39-40-42-44-46-48-50-52-54-56-58-68(86)81-63(64(85)57-55-53-51-49-47-45-43-41-20-18-16-14-12-10-8-6-4-2)62-94-78-74(92)71(89)76(66(60-83)96-78)99-80-75(93)72(90)77(67(61-84)97-80)98-79-73(91)70(88)69(87)65(59-82)95-79/h5,7,11,13,17,19-20,22-23,41,47,49,55,57,63-67,69-80,82-85,87-93H,3-4,6,8-10,12,14-16,18,21,24-40,42-46,48,50-54,56,58-62H2,1-2H3,(H,81,86)/b7-5-,13-11-,19-17-,23-22-,41-20+,49-47+,57-55+. The van der Waals surface area contributed by atoms with E-state index in [-0.39, 0.29) is 18.9 Å². The average molecular weight is 1400 g/mol. The Morgan fingerprint density at radius 2 is 0.707 bits per heavy atom. The fourth-order valence-corrected chi connectivity index (χ4v) is 12.9. The lowest BCUT2D eigenvalue weighted by Gasteiger charge is -2.48. The van der Waals surface area contributed by atoms with Gasteiger partial charge in [0, 0.05) is 6.42 Å². The van der Waals surface area contributed by atoms with Gasteiger partial charge in [-0.2, -0.15) is 0 Å². The van der Waals surface area contributed by atoms with E-state index in [0.29, 0.717) is 12.8 Å². The molecule has 3 saturated heterocycles. The van der Waals surface area contributed by atoms with Crippen LogP contribution in [0.2, 0.25) is 0 Å². The SMILES string of the molecule is CC/C=C\C/C=C\C/C=C\C/C=C\CCCCCCCCCCCCCCCCCCCCCCCCCCC(=O)NC(COC1OC(CO)C(OC2OC(CO)C(OC3OC(CO)C(O)C(O)C3O)C(O)C2O)C(O)C1O)C(O)/C=C/CC/C=C/CC/C=C/CCCCCCCCC. The van der Waals surface area contributed by atoms with Crippen LogP contribution >= 0.6 is 0 Å². The van der Waals surface area contributed by atoms with E-state index in [9.17, 15) is 61.0 Å². The summed E-state index contributed by atoms with van der Waals surface area (Å²) >= 11 is 0. The largest absolute Gasteiger partial charge is 0.394 e. The van der Waals surface area contributed by atoms with Crippen molar-refractivity contribution in [2.45, 2.75) is 388 Å². The van der Waals surface area contributed by atoms with E-state index in [4.69, 9.17) is 28.4 Å². The highest BCUT2D eigenvalue weighted by Gasteiger charge is 2.53. The van der Waals surface area contributed by atoms with Gasteiger partial charge in [0.15, 0.2) is 18.9 Å². The monoisotopic (exact) mass is 1400 g/mol. The zero-order valence-corrected chi connectivity index (χ0v) is 61.2. The van der Waals surface area contributed by atoms with E-state index in [0.717, 1.165) is 70.6 Å². The van der Waals surface area contributed by atoms with Crippen LogP contribution < -0.4 is 5.32 Å². The molecule has 19 heteroatoms. The quantitative estimate of drug-likeness (QED) is 0.0199. The minimum absolute atomic E-state index is 0.232. The number of allylic oxidation sites excluding steroid dienone is 13. The normalized spacial score (nSPS) is 27.1. The van der Waals surface area contributed by atoms with Gasteiger partial charge in [-0.05, 0) is 83.5 Å². The molecular weight excluding hydrogens is 1260 g/mol. The Morgan fingerprint density at radius 3 is 1.13 bits per heavy atom. The number of rotatable bonds is 61. The Morgan fingerprint density at radius 1 is 0.374 bits per heavy atom. The van der Waals surface area contributed by atoms with E-state index < -0.39 is 124 Å². The molecule has 3 aliphatic heterocycles. The van der Waals surface area contributed by atoms with Crippen molar-refractivity contribution >= 4 is 5.91 Å². The Balaban J connectivity index is 1.33. The van der Waals surface area contributed by atoms with Gasteiger partial charge in [0.05, 0.1) is 38.6 Å².